The van der Waals surface area contributed by atoms with Crippen molar-refractivity contribution in [1.82, 2.24) is 19.7 Å². The Morgan fingerprint density at radius 1 is 1.32 bits per heavy atom. The molecule has 2 rings (SSSR count). The largest absolute Gasteiger partial charge is 0.312 e. The van der Waals surface area contributed by atoms with Crippen LogP contribution in [0, 0.1) is 4.77 Å². The van der Waals surface area contributed by atoms with Crippen molar-refractivity contribution in [3.8, 4) is 11.4 Å². The van der Waals surface area contributed by atoms with Gasteiger partial charge in [-0.15, -0.1) is 0 Å². The van der Waals surface area contributed by atoms with Crippen molar-refractivity contribution in [1.29, 1.82) is 0 Å². The molecule has 0 saturated carbocycles. The maximum atomic E-state index is 12.5. The second-order valence-corrected chi connectivity index (χ2v) is 5.83. The van der Waals surface area contributed by atoms with Crippen molar-refractivity contribution in [2.24, 2.45) is 0 Å². The van der Waals surface area contributed by atoms with Gasteiger partial charge in [0.1, 0.15) is 0 Å². The molecular formula is C13H18N4OS. The molecule has 6 heteroatoms. The van der Waals surface area contributed by atoms with Gasteiger partial charge in [0.2, 0.25) is 4.77 Å². The van der Waals surface area contributed by atoms with E-state index in [4.69, 9.17) is 12.2 Å². The zero-order valence-corrected chi connectivity index (χ0v) is 12.4. The van der Waals surface area contributed by atoms with Gasteiger partial charge in [0.15, 0.2) is 5.82 Å². The third-order valence-corrected chi connectivity index (χ3v) is 3.21. The van der Waals surface area contributed by atoms with E-state index in [9.17, 15) is 4.79 Å². The van der Waals surface area contributed by atoms with Crippen LogP contribution in [-0.2, 0) is 12.0 Å². The van der Waals surface area contributed by atoms with E-state index in [0.717, 1.165) is 5.69 Å². The van der Waals surface area contributed by atoms with E-state index in [-0.39, 0.29) is 11.0 Å². The minimum atomic E-state index is -0.0772. The second-order valence-electron chi connectivity index (χ2n) is 5.45. The number of H-pyrrole nitrogens is 2. The number of nitrogens with one attached hydrogen (secondary N) is 2. The quantitative estimate of drug-likeness (QED) is 0.830. The van der Waals surface area contributed by atoms with E-state index in [1.54, 1.807) is 10.6 Å². The van der Waals surface area contributed by atoms with Crippen LogP contribution in [-0.4, -0.2) is 19.7 Å². The third kappa shape index (κ3) is 2.53. The van der Waals surface area contributed by atoms with Crippen LogP contribution in [0.3, 0.4) is 0 Å². The lowest BCUT2D eigenvalue weighted by molar-refractivity contribution is 0.511. The van der Waals surface area contributed by atoms with E-state index in [1.807, 2.05) is 13.0 Å². The van der Waals surface area contributed by atoms with Crippen LogP contribution in [0.15, 0.2) is 16.9 Å². The van der Waals surface area contributed by atoms with Gasteiger partial charge in [0.05, 0.1) is 5.56 Å². The lowest BCUT2D eigenvalue weighted by Crippen LogP contribution is -2.30. The highest BCUT2D eigenvalue weighted by atomic mass is 32.1. The van der Waals surface area contributed by atoms with Crippen molar-refractivity contribution >= 4 is 12.2 Å². The van der Waals surface area contributed by atoms with E-state index >= 15 is 0 Å². The molecule has 0 spiro atoms. The van der Waals surface area contributed by atoms with Gasteiger partial charge in [0.25, 0.3) is 5.56 Å². The third-order valence-electron chi connectivity index (χ3n) is 3.02. The first-order chi connectivity index (χ1) is 8.84. The van der Waals surface area contributed by atoms with Crippen LogP contribution in [0.4, 0.5) is 0 Å². The number of rotatable bonds is 2. The van der Waals surface area contributed by atoms with E-state index < -0.39 is 0 Å². The Hall–Kier alpha value is -1.69. The van der Waals surface area contributed by atoms with Crippen LogP contribution in [0.2, 0.25) is 0 Å². The highest BCUT2D eigenvalue weighted by molar-refractivity contribution is 7.71. The molecule has 2 aromatic heterocycles. The fourth-order valence-electron chi connectivity index (χ4n) is 2.13. The van der Waals surface area contributed by atoms with Gasteiger partial charge in [-0.25, -0.2) is 0 Å². The zero-order chi connectivity index (χ0) is 14.2. The summed E-state index contributed by atoms with van der Waals surface area (Å²) >= 11 is 4.92. The van der Waals surface area contributed by atoms with Crippen LogP contribution in [0.5, 0.6) is 0 Å². The van der Waals surface area contributed by atoms with Crippen LogP contribution < -0.4 is 5.56 Å². The topological polar surface area (TPSA) is 66.5 Å². The summed E-state index contributed by atoms with van der Waals surface area (Å²) in [6.45, 7) is 8.87. The maximum absolute atomic E-state index is 12.5. The summed E-state index contributed by atoms with van der Waals surface area (Å²) in [5.74, 6) is 0.484. The molecule has 2 aromatic rings. The molecule has 19 heavy (non-hydrogen) atoms. The lowest BCUT2D eigenvalue weighted by atomic mass is 9.90. The number of hydrogen-bond donors (Lipinski definition) is 2. The van der Waals surface area contributed by atoms with Gasteiger partial charge in [0, 0.05) is 17.7 Å². The van der Waals surface area contributed by atoms with Crippen molar-refractivity contribution in [2.45, 2.75) is 39.7 Å². The van der Waals surface area contributed by atoms with E-state index in [0.29, 0.717) is 22.7 Å². The molecule has 0 aromatic carbocycles. The van der Waals surface area contributed by atoms with Gasteiger partial charge >= 0.3 is 0 Å². The Morgan fingerprint density at radius 3 is 2.47 bits per heavy atom. The van der Waals surface area contributed by atoms with E-state index in [1.165, 1.54) is 0 Å². The van der Waals surface area contributed by atoms with Gasteiger partial charge in [-0.2, -0.15) is 4.98 Å². The minimum absolute atomic E-state index is 0.0484. The molecule has 5 nitrogen and oxygen atoms in total. The molecule has 2 N–H and O–H groups in total. The molecule has 0 radical (unpaired) electrons. The molecule has 0 aliphatic carbocycles. The molecular weight excluding hydrogens is 260 g/mol. The summed E-state index contributed by atoms with van der Waals surface area (Å²) in [6, 6.07) is 3.78. The molecule has 0 atom stereocenters. The van der Waals surface area contributed by atoms with Gasteiger partial charge < -0.3 is 4.57 Å². The average Bonchev–Trinajstić information content (AvgIpc) is 2.74. The smallest absolute Gasteiger partial charge is 0.261 e. The lowest BCUT2D eigenvalue weighted by Gasteiger charge is -2.23. The van der Waals surface area contributed by atoms with Crippen molar-refractivity contribution in [3.63, 3.8) is 0 Å². The zero-order valence-electron chi connectivity index (χ0n) is 11.6. The maximum Gasteiger partial charge on any atom is 0.261 e. The van der Waals surface area contributed by atoms with Gasteiger partial charge in [-0.1, -0.05) is 20.8 Å². The summed E-state index contributed by atoms with van der Waals surface area (Å²) in [5.41, 5.74) is 1.42. The normalized spacial score (nSPS) is 11.8. The Bertz CT molecular complexity index is 702. The number of aromatic amines is 2. The standard InChI is InChI=1S/C13H18N4OS/c1-5-17-9(13(2,3)4)7-6-8(11(17)18)10-14-12(19)16-15-10/h6-7H,5H2,1-4H3,(H2,14,15,16,19). The Kier molecular flexibility index (Phi) is 3.45. The molecule has 0 saturated heterocycles. The first kappa shape index (κ1) is 13.7. The first-order valence-corrected chi connectivity index (χ1v) is 6.64. The average molecular weight is 278 g/mol. The summed E-state index contributed by atoms with van der Waals surface area (Å²) in [4.78, 5) is 16.6. The monoisotopic (exact) mass is 278 g/mol. The second kappa shape index (κ2) is 4.77. The Labute approximate surface area is 116 Å². The molecule has 0 aliphatic rings. The molecule has 102 valence electrons. The van der Waals surface area contributed by atoms with Crippen LogP contribution in [0.25, 0.3) is 11.4 Å². The van der Waals surface area contributed by atoms with Crippen molar-refractivity contribution in [2.75, 3.05) is 0 Å². The number of pyridine rings is 1. The molecule has 0 unspecified atom stereocenters. The summed E-state index contributed by atoms with van der Waals surface area (Å²) < 4.78 is 2.12. The van der Waals surface area contributed by atoms with Crippen LogP contribution in [0.1, 0.15) is 33.4 Å². The van der Waals surface area contributed by atoms with E-state index in [2.05, 4.69) is 36.0 Å². The van der Waals surface area contributed by atoms with Gasteiger partial charge in [-0.3, -0.25) is 15.0 Å². The Morgan fingerprint density at radius 2 is 2.00 bits per heavy atom. The van der Waals surface area contributed by atoms with Crippen molar-refractivity contribution in [3.05, 3.63) is 33.0 Å². The molecule has 0 bridgehead atoms. The first-order valence-electron chi connectivity index (χ1n) is 6.24. The number of nitrogens with zero attached hydrogens (tertiary/aromatic N) is 2. The molecule has 0 aliphatic heterocycles. The number of hydrogen-bond acceptors (Lipinski definition) is 3. The summed E-state index contributed by atoms with van der Waals surface area (Å²) in [6.07, 6.45) is 0. The van der Waals surface area contributed by atoms with Crippen molar-refractivity contribution < 1.29 is 0 Å². The highest BCUT2D eigenvalue weighted by Crippen LogP contribution is 2.22. The number of aromatic nitrogens is 4. The fourth-order valence-corrected chi connectivity index (χ4v) is 2.27. The SMILES string of the molecule is CCn1c(C(C)(C)C)ccc(-c2nc(=S)[nH][nH]2)c1=O. The summed E-state index contributed by atoms with van der Waals surface area (Å²) in [7, 11) is 0. The van der Waals surface area contributed by atoms with Gasteiger partial charge in [-0.05, 0) is 31.3 Å². The molecule has 0 fully saturated rings. The molecule has 2 heterocycles. The highest BCUT2D eigenvalue weighted by Gasteiger charge is 2.20. The summed E-state index contributed by atoms with van der Waals surface area (Å²) in [5, 5.41) is 5.53. The predicted octanol–water partition coefficient (Wildman–Crippen LogP) is 2.61. The fraction of sp³-hybridized carbons (Fsp3) is 0.462. The Balaban J connectivity index is 2.69. The molecule has 0 amide bonds. The predicted molar refractivity (Wildman–Crippen MR) is 77.8 cm³/mol. The minimum Gasteiger partial charge on any atom is -0.312 e. The van der Waals surface area contributed by atoms with Crippen LogP contribution >= 0.6 is 12.2 Å².